The van der Waals surface area contributed by atoms with Crippen LogP contribution < -0.4 is 5.73 Å². The fraction of sp³-hybridized carbons (Fsp3) is 0.933. The molecule has 0 spiro atoms. The molecule has 1 amide bonds. The van der Waals surface area contributed by atoms with Gasteiger partial charge in [-0.3, -0.25) is 4.79 Å². The Hall–Kier alpha value is -0.570. The summed E-state index contributed by atoms with van der Waals surface area (Å²) >= 11 is 0. The molecule has 0 aliphatic heterocycles. The number of carbonyl (C=O) groups is 1. The Bertz CT molecular complexity index is 297. The van der Waals surface area contributed by atoms with Crippen LogP contribution in [0.5, 0.6) is 0 Å². The smallest absolute Gasteiger partial charge is 0.228 e. The molecule has 0 aromatic rings. The van der Waals surface area contributed by atoms with Crippen molar-refractivity contribution in [2.45, 2.75) is 64.3 Å². The average Bonchev–Trinajstić information content (AvgIpc) is 3.05. The van der Waals surface area contributed by atoms with Gasteiger partial charge in [0, 0.05) is 18.5 Å². The second-order valence-electron chi connectivity index (χ2n) is 6.25. The fourth-order valence-corrected chi connectivity index (χ4v) is 4.10. The molecule has 2 atom stereocenters. The maximum Gasteiger partial charge on any atom is 0.228 e. The van der Waals surface area contributed by atoms with E-state index >= 15 is 0 Å². The summed E-state index contributed by atoms with van der Waals surface area (Å²) in [6, 6.07) is 0.395. The summed E-state index contributed by atoms with van der Waals surface area (Å²) in [6.45, 7) is 2.90. The molecule has 2 fully saturated rings. The molecule has 3 nitrogen and oxygen atoms in total. The summed E-state index contributed by atoms with van der Waals surface area (Å²) in [5.41, 5.74) is 5.80. The third-order valence-electron chi connectivity index (χ3n) is 5.43. The van der Waals surface area contributed by atoms with E-state index in [0.29, 0.717) is 17.9 Å². The van der Waals surface area contributed by atoms with Crippen molar-refractivity contribution < 1.29 is 4.79 Å². The molecule has 104 valence electrons. The van der Waals surface area contributed by atoms with Gasteiger partial charge in [-0.2, -0.15) is 0 Å². The van der Waals surface area contributed by atoms with E-state index < -0.39 is 0 Å². The van der Waals surface area contributed by atoms with Gasteiger partial charge >= 0.3 is 0 Å². The maximum atomic E-state index is 12.8. The second kappa shape index (κ2) is 5.60. The topological polar surface area (TPSA) is 46.3 Å². The SMILES string of the molecule is CCC1(C(=O)N(C)C2CCCC2CN)CCCC1. The number of amides is 1. The van der Waals surface area contributed by atoms with E-state index in [-0.39, 0.29) is 5.41 Å². The first-order chi connectivity index (χ1) is 8.64. The lowest BCUT2D eigenvalue weighted by Gasteiger charge is -2.37. The van der Waals surface area contributed by atoms with E-state index in [1.165, 1.54) is 25.7 Å². The lowest BCUT2D eigenvalue weighted by Crippen LogP contribution is -2.47. The normalized spacial score (nSPS) is 30.6. The molecule has 2 rings (SSSR count). The molecule has 0 saturated heterocycles. The molecule has 0 heterocycles. The Balaban J connectivity index is 2.08. The standard InChI is InChI=1S/C15H28N2O/c1-3-15(9-4-5-10-15)14(18)17(2)13-8-6-7-12(13)11-16/h12-13H,3-11,16H2,1-2H3. The van der Waals surface area contributed by atoms with Crippen molar-refractivity contribution >= 4 is 5.91 Å². The fourth-order valence-electron chi connectivity index (χ4n) is 4.10. The number of nitrogens with zero attached hydrogens (tertiary/aromatic N) is 1. The number of hydrogen-bond donors (Lipinski definition) is 1. The van der Waals surface area contributed by atoms with Gasteiger partial charge in [-0.25, -0.2) is 0 Å². The Morgan fingerprint density at radius 3 is 2.50 bits per heavy atom. The highest BCUT2D eigenvalue weighted by atomic mass is 16.2. The highest BCUT2D eigenvalue weighted by Crippen LogP contribution is 2.43. The molecule has 2 N–H and O–H groups in total. The van der Waals surface area contributed by atoms with Crippen LogP contribution in [0.15, 0.2) is 0 Å². The van der Waals surface area contributed by atoms with Crippen molar-refractivity contribution in [2.75, 3.05) is 13.6 Å². The first-order valence-corrected chi connectivity index (χ1v) is 7.62. The third kappa shape index (κ3) is 2.29. The summed E-state index contributed by atoms with van der Waals surface area (Å²) in [4.78, 5) is 14.9. The monoisotopic (exact) mass is 252 g/mol. The second-order valence-corrected chi connectivity index (χ2v) is 6.25. The third-order valence-corrected chi connectivity index (χ3v) is 5.43. The number of hydrogen-bond acceptors (Lipinski definition) is 2. The molecule has 2 unspecified atom stereocenters. The molecule has 0 bridgehead atoms. The highest BCUT2D eigenvalue weighted by Gasteiger charge is 2.44. The molecule has 2 aliphatic carbocycles. The van der Waals surface area contributed by atoms with Crippen LogP contribution in [-0.4, -0.2) is 30.4 Å². The summed E-state index contributed by atoms with van der Waals surface area (Å²) < 4.78 is 0. The minimum absolute atomic E-state index is 0.0452. The van der Waals surface area contributed by atoms with E-state index in [2.05, 4.69) is 11.8 Å². The van der Waals surface area contributed by atoms with Crippen LogP contribution in [0.3, 0.4) is 0 Å². The van der Waals surface area contributed by atoms with Crippen LogP contribution in [0.4, 0.5) is 0 Å². The van der Waals surface area contributed by atoms with Crippen LogP contribution in [0, 0.1) is 11.3 Å². The Kier molecular flexibility index (Phi) is 4.31. The summed E-state index contributed by atoms with van der Waals surface area (Å²) in [5.74, 6) is 0.919. The van der Waals surface area contributed by atoms with E-state index in [1.807, 2.05) is 7.05 Å². The summed E-state index contributed by atoms with van der Waals surface area (Å²) in [5, 5.41) is 0. The number of nitrogens with two attached hydrogens (primary N) is 1. The van der Waals surface area contributed by atoms with E-state index in [0.717, 1.165) is 32.2 Å². The molecular formula is C15H28N2O. The van der Waals surface area contributed by atoms with Crippen molar-refractivity contribution in [1.29, 1.82) is 0 Å². The Morgan fingerprint density at radius 2 is 1.94 bits per heavy atom. The van der Waals surface area contributed by atoms with Gasteiger partial charge in [0.15, 0.2) is 0 Å². The highest BCUT2D eigenvalue weighted by molar-refractivity contribution is 5.83. The molecule has 3 heteroatoms. The zero-order valence-corrected chi connectivity index (χ0v) is 12.0. The van der Waals surface area contributed by atoms with Crippen LogP contribution in [-0.2, 0) is 4.79 Å². The zero-order chi connectivity index (χ0) is 13.2. The molecule has 0 aromatic heterocycles. The van der Waals surface area contributed by atoms with Gasteiger partial charge in [0.1, 0.15) is 0 Å². The maximum absolute atomic E-state index is 12.8. The minimum atomic E-state index is -0.0452. The Morgan fingerprint density at radius 1 is 1.28 bits per heavy atom. The van der Waals surface area contributed by atoms with Crippen LogP contribution >= 0.6 is 0 Å². The van der Waals surface area contributed by atoms with Gasteiger partial charge in [-0.15, -0.1) is 0 Å². The predicted molar refractivity (Wildman–Crippen MR) is 74.1 cm³/mol. The quantitative estimate of drug-likeness (QED) is 0.835. The molecule has 0 radical (unpaired) electrons. The van der Waals surface area contributed by atoms with Crippen LogP contribution in [0.2, 0.25) is 0 Å². The van der Waals surface area contributed by atoms with E-state index in [9.17, 15) is 4.79 Å². The van der Waals surface area contributed by atoms with Gasteiger partial charge in [0.05, 0.1) is 0 Å². The predicted octanol–water partition coefficient (Wildman–Crippen LogP) is 2.54. The van der Waals surface area contributed by atoms with Gasteiger partial charge in [-0.1, -0.05) is 26.2 Å². The first kappa shape index (κ1) is 13.9. The molecular weight excluding hydrogens is 224 g/mol. The van der Waals surface area contributed by atoms with Gasteiger partial charge < -0.3 is 10.6 Å². The first-order valence-electron chi connectivity index (χ1n) is 7.62. The van der Waals surface area contributed by atoms with Crippen LogP contribution in [0.1, 0.15) is 58.3 Å². The number of rotatable bonds is 4. The van der Waals surface area contributed by atoms with Crippen LogP contribution in [0.25, 0.3) is 0 Å². The summed E-state index contributed by atoms with van der Waals surface area (Å²) in [7, 11) is 2.01. The van der Waals surface area contributed by atoms with Gasteiger partial charge in [-0.05, 0) is 44.6 Å². The zero-order valence-electron chi connectivity index (χ0n) is 12.0. The molecule has 2 aliphatic rings. The van der Waals surface area contributed by atoms with Crippen molar-refractivity contribution in [3.63, 3.8) is 0 Å². The van der Waals surface area contributed by atoms with Crippen molar-refractivity contribution in [1.82, 2.24) is 4.90 Å². The lowest BCUT2D eigenvalue weighted by molar-refractivity contribution is -0.143. The molecule has 2 saturated carbocycles. The lowest BCUT2D eigenvalue weighted by atomic mass is 9.81. The van der Waals surface area contributed by atoms with Crippen molar-refractivity contribution in [3.05, 3.63) is 0 Å². The van der Waals surface area contributed by atoms with Gasteiger partial charge in [0.25, 0.3) is 0 Å². The minimum Gasteiger partial charge on any atom is -0.342 e. The van der Waals surface area contributed by atoms with Crippen molar-refractivity contribution in [2.24, 2.45) is 17.1 Å². The van der Waals surface area contributed by atoms with E-state index in [4.69, 9.17) is 5.73 Å². The largest absolute Gasteiger partial charge is 0.342 e. The number of carbonyl (C=O) groups excluding carboxylic acids is 1. The van der Waals surface area contributed by atoms with Gasteiger partial charge in [0.2, 0.25) is 5.91 Å². The van der Waals surface area contributed by atoms with E-state index in [1.54, 1.807) is 0 Å². The molecule has 0 aromatic carbocycles. The van der Waals surface area contributed by atoms with Crippen molar-refractivity contribution in [3.8, 4) is 0 Å². The molecule has 18 heavy (non-hydrogen) atoms. The Labute approximate surface area is 111 Å². The average molecular weight is 252 g/mol. The summed E-state index contributed by atoms with van der Waals surface area (Å²) in [6.07, 6.45) is 9.18.